The van der Waals surface area contributed by atoms with Crippen molar-refractivity contribution in [2.45, 2.75) is 13.2 Å². The number of benzene rings is 2. The minimum atomic E-state index is 0. The lowest BCUT2D eigenvalue weighted by molar-refractivity contribution is 0.185. The Labute approximate surface area is 166 Å². The van der Waals surface area contributed by atoms with Crippen LogP contribution < -0.4 is 15.4 Å². The van der Waals surface area contributed by atoms with Crippen molar-refractivity contribution in [2.24, 2.45) is 4.99 Å². The van der Waals surface area contributed by atoms with Crippen molar-refractivity contribution in [3.8, 4) is 5.75 Å². The number of para-hydroxylation sites is 1. The quantitative estimate of drug-likeness (QED) is 0.278. The minimum Gasteiger partial charge on any atom is -0.492 e. The van der Waals surface area contributed by atoms with E-state index in [-0.39, 0.29) is 24.0 Å². The molecule has 0 fully saturated rings. The number of hydrogen-bond acceptors (Lipinski definition) is 3. The van der Waals surface area contributed by atoms with E-state index in [9.17, 15) is 0 Å². The SMILES string of the molecule is CN=C(NCCOc1ccccc1)NCc1ccc(COC)cc1.I. The predicted octanol–water partition coefficient (Wildman–Crippen LogP) is 3.20. The normalized spacial score (nSPS) is 10.7. The number of ether oxygens (including phenoxy) is 2. The highest BCUT2D eigenvalue weighted by Gasteiger charge is 1.99. The van der Waals surface area contributed by atoms with E-state index in [4.69, 9.17) is 9.47 Å². The molecule has 6 heteroatoms. The molecule has 5 nitrogen and oxygen atoms in total. The Balaban J connectivity index is 0.00000312. The molecular weight excluding hydrogens is 429 g/mol. The second-order valence-corrected chi connectivity index (χ2v) is 5.26. The molecule has 2 aromatic rings. The van der Waals surface area contributed by atoms with Crippen LogP contribution in [-0.2, 0) is 17.9 Å². The summed E-state index contributed by atoms with van der Waals surface area (Å²) in [4.78, 5) is 4.21. The molecule has 0 heterocycles. The van der Waals surface area contributed by atoms with Crippen LogP contribution in [-0.4, -0.2) is 33.3 Å². The summed E-state index contributed by atoms with van der Waals surface area (Å²) < 4.78 is 10.8. The van der Waals surface area contributed by atoms with E-state index in [1.165, 1.54) is 11.1 Å². The van der Waals surface area contributed by atoms with Crippen LogP contribution in [0, 0.1) is 0 Å². The van der Waals surface area contributed by atoms with Gasteiger partial charge in [-0.1, -0.05) is 42.5 Å². The number of rotatable bonds is 8. The van der Waals surface area contributed by atoms with Crippen LogP contribution in [0.1, 0.15) is 11.1 Å². The van der Waals surface area contributed by atoms with Gasteiger partial charge < -0.3 is 20.1 Å². The number of nitrogens with zero attached hydrogens (tertiary/aromatic N) is 1. The Morgan fingerprint density at radius 1 is 0.960 bits per heavy atom. The molecule has 0 saturated carbocycles. The van der Waals surface area contributed by atoms with Gasteiger partial charge in [-0.15, -0.1) is 24.0 Å². The highest BCUT2D eigenvalue weighted by Crippen LogP contribution is 2.07. The van der Waals surface area contributed by atoms with Crippen LogP contribution in [0.4, 0.5) is 0 Å². The minimum absolute atomic E-state index is 0. The van der Waals surface area contributed by atoms with Gasteiger partial charge >= 0.3 is 0 Å². The van der Waals surface area contributed by atoms with E-state index in [0.29, 0.717) is 26.3 Å². The first kappa shape index (κ1) is 21.2. The highest BCUT2D eigenvalue weighted by molar-refractivity contribution is 14.0. The zero-order valence-electron chi connectivity index (χ0n) is 14.7. The number of nitrogens with one attached hydrogen (secondary N) is 2. The third-order valence-electron chi connectivity index (χ3n) is 3.42. The van der Waals surface area contributed by atoms with Crippen molar-refractivity contribution >= 4 is 29.9 Å². The molecule has 0 amide bonds. The first-order valence-electron chi connectivity index (χ1n) is 8.01. The van der Waals surface area contributed by atoms with E-state index >= 15 is 0 Å². The molecule has 0 spiro atoms. The molecule has 0 aromatic heterocycles. The molecule has 0 saturated heterocycles. The van der Waals surface area contributed by atoms with Crippen molar-refractivity contribution < 1.29 is 9.47 Å². The van der Waals surface area contributed by atoms with Gasteiger partial charge in [-0.2, -0.15) is 0 Å². The summed E-state index contributed by atoms with van der Waals surface area (Å²) in [5.41, 5.74) is 2.36. The Kier molecular flexibility index (Phi) is 10.7. The second-order valence-electron chi connectivity index (χ2n) is 5.26. The second kappa shape index (κ2) is 12.5. The van der Waals surface area contributed by atoms with Gasteiger partial charge in [0.1, 0.15) is 12.4 Å². The number of hydrogen-bond donors (Lipinski definition) is 2. The van der Waals surface area contributed by atoms with E-state index < -0.39 is 0 Å². The Morgan fingerprint density at radius 3 is 2.28 bits per heavy atom. The molecule has 0 bridgehead atoms. The average Bonchev–Trinajstić information content (AvgIpc) is 2.63. The molecule has 136 valence electrons. The van der Waals surface area contributed by atoms with Gasteiger partial charge in [-0.05, 0) is 23.3 Å². The van der Waals surface area contributed by atoms with Crippen LogP contribution in [0.3, 0.4) is 0 Å². The first-order valence-corrected chi connectivity index (χ1v) is 8.01. The Morgan fingerprint density at radius 2 is 1.64 bits per heavy atom. The average molecular weight is 455 g/mol. The van der Waals surface area contributed by atoms with Gasteiger partial charge in [0, 0.05) is 20.7 Å². The topological polar surface area (TPSA) is 54.9 Å². The molecule has 0 atom stereocenters. The van der Waals surface area contributed by atoms with E-state index in [1.54, 1.807) is 14.2 Å². The lowest BCUT2D eigenvalue weighted by atomic mass is 10.1. The van der Waals surface area contributed by atoms with Gasteiger partial charge in [0.05, 0.1) is 13.2 Å². The molecule has 25 heavy (non-hydrogen) atoms. The van der Waals surface area contributed by atoms with E-state index in [1.807, 2.05) is 30.3 Å². The third-order valence-corrected chi connectivity index (χ3v) is 3.42. The number of halogens is 1. The van der Waals surface area contributed by atoms with Crippen molar-refractivity contribution in [3.05, 3.63) is 65.7 Å². The van der Waals surface area contributed by atoms with Gasteiger partial charge in [0.25, 0.3) is 0 Å². The van der Waals surface area contributed by atoms with E-state index in [0.717, 1.165) is 11.7 Å². The van der Waals surface area contributed by atoms with Gasteiger partial charge in [0.2, 0.25) is 0 Å². The van der Waals surface area contributed by atoms with Gasteiger partial charge in [-0.25, -0.2) is 0 Å². The van der Waals surface area contributed by atoms with Crippen molar-refractivity contribution in [1.29, 1.82) is 0 Å². The molecule has 0 aliphatic rings. The summed E-state index contributed by atoms with van der Waals surface area (Å²) in [6.45, 7) is 2.61. The number of guanidine groups is 1. The lowest BCUT2D eigenvalue weighted by Gasteiger charge is -2.13. The first-order chi connectivity index (χ1) is 11.8. The Hall–Kier alpha value is -1.80. The molecule has 0 radical (unpaired) electrons. The highest BCUT2D eigenvalue weighted by atomic mass is 127. The van der Waals surface area contributed by atoms with Crippen molar-refractivity contribution in [3.63, 3.8) is 0 Å². The summed E-state index contributed by atoms with van der Waals surface area (Å²) >= 11 is 0. The zero-order chi connectivity index (χ0) is 17.0. The summed E-state index contributed by atoms with van der Waals surface area (Å²) in [6.07, 6.45) is 0. The van der Waals surface area contributed by atoms with Crippen LogP contribution in [0.25, 0.3) is 0 Å². The maximum atomic E-state index is 5.64. The van der Waals surface area contributed by atoms with Crippen LogP contribution in [0.2, 0.25) is 0 Å². The van der Waals surface area contributed by atoms with Crippen LogP contribution in [0.5, 0.6) is 5.75 Å². The zero-order valence-corrected chi connectivity index (χ0v) is 17.0. The maximum Gasteiger partial charge on any atom is 0.191 e. The third kappa shape index (κ3) is 8.22. The smallest absolute Gasteiger partial charge is 0.191 e. The summed E-state index contributed by atoms with van der Waals surface area (Å²) in [5.74, 6) is 1.63. The molecular formula is C19H26IN3O2. The largest absolute Gasteiger partial charge is 0.492 e. The van der Waals surface area contributed by atoms with Crippen molar-refractivity contribution in [1.82, 2.24) is 10.6 Å². The number of aliphatic imine (C=N–C) groups is 1. The molecule has 2 aromatic carbocycles. The fourth-order valence-corrected chi connectivity index (χ4v) is 2.18. The summed E-state index contributed by atoms with van der Waals surface area (Å²) in [5, 5.41) is 6.52. The Bertz CT molecular complexity index is 618. The molecule has 0 aliphatic heterocycles. The van der Waals surface area contributed by atoms with Crippen molar-refractivity contribution in [2.75, 3.05) is 27.3 Å². The number of methoxy groups -OCH3 is 1. The lowest BCUT2D eigenvalue weighted by Crippen LogP contribution is -2.38. The molecule has 0 unspecified atom stereocenters. The van der Waals surface area contributed by atoms with E-state index in [2.05, 4.69) is 39.9 Å². The van der Waals surface area contributed by atoms with Gasteiger partial charge in [-0.3, -0.25) is 4.99 Å². The van der Waals surface area contributed by atoms with Gasteiger partial charge in [0.15, 0.2) is 5.96 Å². The standard InChI is InChI=1S/C19H25N3O2.HI/c1-20-19(21-12-13-24-18-6-4-3-5-7-18)22-14-16-8-10-17(11-9-16)15-23-2;/h3-11H,12-15H2,1-2H3,(H2,20,21,22);1H. The van der Waals surface area contributed by atoms with Crippen LogP contribution in [0.15, 0.2) is 59.6 Å². The predicted molar refractivity (Wildman–Crippen MR) is 113 cm³/mol. The molecule has 2 rings (SSSR count). The fourth-order valence-electron chi connectivity index (χ4n) is 2.18. The molecule has 0 aliphatic carbocycles. The molecule has 2 N–H and O–H groups in total. The fraction of sp³-hybridized carbons (Fsp3) is 0.316. The maximum absolute atomic E-state index is 5.64. The summed E-state index contributed by atoms with van der Waals surface area (Å²) in [7, 11) is 3.46. The van der Waals surface area contributed by atoms with Crippen LogP contribution >= 0.6 is 24.0 Å². The monoisotopic (exact) mass is 455 g/mol. The summed E-state index contributed by atoms with van der Waals surface area (Å²) in [6, 6.07) is 18.1.